The van der Waals surface area contributed by atoms with Crippen molar-refractivity contribution in [1.82, 2.24) is 5.32 Å². The molecule has 1 N–H and O–H groups in total. The summed E-state index contributed by atoms with van der Waals surface area (Å²) in [6.45, 7) is 7.86. The van der Waals surface area contributed by atoms with Gasteiger partial charge in [-0.2, -0.15) is 0 Å². The summed E-state index contributed by atoms with van der Waals surface area (Å²) in [5, 5.41) is 3.32. The molecule has 0 aliphatic rings. The second-order valence-electron chi connectivity index (χ2n) is 4.06. The van der Waals surface area contributed by atoms with Gasteiger partial charge in [0.1, 0.15) is 0 Å². The average molecular weight is 286 g/mol. The minimum Gasteiger partial charge on any atom is -0.376 e. The lowest BCUT2D eigenvalue weighted by Gasteiger charge is -2.12. The third-order valence-corrected chi connectivity index (χ3v) is 2.80. The Morgan fingerprint density at radius 1 is 1.44 bits per heavy atom. The van der Waals surface area contributed by atoms with E-state index in [2.05, 4.69) is 47.2 Å². The fourth-order valence-electron chi connectivity index (χ4n) is 1.45. The second kappa shape index (κ2) is 7.82. The Bertz CT molecular complexity index is 304. The Kier molecular flexibility index (Phi) is 6.69. The van der Waals surface area contributed by atoms with Crippen LogP contribution in [0.15, 0.2) is 28.7 Å². The van der Waals surface area contributed by atoms with Crippen LogP contribution in [0.4, 0.5) is 0 Å². The van der Waals surface area contributed by atoms with E-state index in [-0.39, 0.29) is 0 Å². The molecular formula is C13H20BrNO. The van der Waals surface area contributed by atoms with Crippen LogP contribution in [0.3, 0.4) is 0 Å². The van der Waals surface area contributed by atoms with E-state index in [1.165, 1.54) is 5.56 Å². The number of hydrogen-bond acceptors (Lipinski definition) is 2. The first kappa shape index (κ1) is 13.7. The van der Waals surface area contributed by atoms with Crippen molar-refractivity contribution in [2.75, 3.05) is 19.7 Å². The number of ether oxygens (including phenoxy) is 1. The van der Waals surface area contributed by atoms with Crippen LogP contribution in [-0.4, -0.2) is 19.7 Å². The maximum atomic E-state index is 5.67. The van der Waals surface area contributed by atoms with Gasteiger partial charge < -0.3 is 10.1 Å². The molecule has 0 bridgehead atoms. The summed E-state index contributed by atoms with van der Waals surface area (Å²) < 4.78 is 6.78. The van der Waals surface area contributed by atoms with Crippen LogP contribution in [0.5, 0.6) is 0 Å². The molecule has 1 aromatic carbocycles. The van der Waals surface area contributed by atoms with Gasteiger partial charge >= 0.3 is 0 Å². The van der Waals surface area contributed by atoms with Gasteiger partial charge in [-0.25, -0.2) is 0 Å². The van der Waals surface area contributed by atoms with Crippen molar-refractivity contribution in [2.24, 2.45) is 5.92 Å². The van der Waals surface area contributed by atoms with Gasteiger partial charge in [0.15, 0.2) is 0 Å². The van der Waals surface area contributed by atoms with Crippen molar-refractivity contribution in [3.63, 3.8) is 0 Å². The molecule has 0 aliphatic carbocycles. The molecule has 16 heavy (non-hydrogen) atoms. The van der Waals surface area contributed by atoms with Crippen molar-refractivity contribution in [1.29, 1.82) is 0 Å². The molecule has 0 saturated heterocycles. The predicted molar refractivity (Wildman–Crippen MR) is 71.5 cm³/mol. The minimum atomic E-state index is 0.562. The molecule has 0 radical (unpaired) electrons. The Morgan fingerprint density at radius 2 is 2.25 bits per heavy atom. The third-order valence-electron chi connectivity index (χ3n) is 2.30. The quantitative estimate of drug-likeness (QED) is 0.831. The monoisotopic (exact) mass is 285 g/mol. The average Bonchev–Trinajstić information content (AvgIpc) is 2.26. The fourth-order valence-corrected chi connectivity index (χ4v) is 1.90. The summed E-state index contributed by atoms with van der Waals surface area (Å²) in [6, 6.07) is 8.23. The van der Waals surface area contributed by atoms with E-state index in [1.54, 1.807) is 0 Å². The maximum absolute atomic E-state index is 5.67. The summed E-state index contributed by atoms with van der Waals surface area (Å²) in [5.74, 6) is 0.562. The highest BCUT2D eigenvalue weighted by Gasteiger charge is 2.01. The van der Waals surface area contributed by atoms with E-state index < -0.39 is 0 Å². The molecule has 1 rings (SSSR count). The zero-order chi connectivity index (χ0) is 11.8. The van der Waals surface area contributed by atoms with Crippen LogP contribution >= 0.6 is 15.9 Å². The minimum absolute atomic E-state index is 0.562. The summed E-state index contributed by atoms with van der Waals surface area (Å²) >= 11 is 3.45. The first-order chi connectivity index (χ1) is 7.72. The van der Waals surface area contributed by atoms with Gasteiger partial charge in [0.25, 0.3) is 0 Å². The molecule has 0 spiro atoms. The summed E-state index contributed by atoms with van der Waals surface area (Å²) in [7, 11) is 0. The highest BCUT2D eigenvalue weighted by Crippen LogP contribution is 2.12. The van der Waals surface area contributed by atoms with Crippen LogP contribution in [0.2, 0.25) is 0 Å². The largest absolute Gasteiger partial charge is 0.376 e. The topological polar surface area (TPSA) is 21.3 Å². The van der Waals surface area contributed by atoms with Gasteiger partial charge in [0, 0.05) is 4.47 Å². The lowest BCUT2D eigenvalue weighted by atomic mass is 10.2. The first-order valence-corrected chi connectivity index (χ1v) is 6.54. The van der Waals surface area contributed by atoms with Crippen LogP contribution in [0.25, 0.3) is 0 Å². The lowest BCUT2D eigenvalue weighted by Crippen LogP contribution is -2.23. The molecule has 0 saturated carbocycles. The zero-order valence-corrected chi connectivity index (χ0v) is 11.6. The van der Waals surface area contributed by atoms with E-state index in [1.807, 2.05) is 12.1 Å². The predicted octanol–water partition coefficient (Wildman–Crippen LogP) is 3.21. The highest BCUT2D eigenvalue weighted by atomic mass is 79.9. The van der Waals surface area contributed by atoms with Gasteiger partial charge in [-0.15, -0.1) is 0 Å². The van der Waals surface area contributed by atoms with E-state index >= 15 is 0 Å². The third kappa shape index (κ3) is 5.64. The van der Waals surface area contributed by atoms with Crippen molar-refractivity contribution in [3.8, 4) is 0 Å². The van der Waals surface area contributed by atoms with Crippen molar-refractivity contribution in [2.45, 2.75) is 20.5 Å². The maximum Gasteiger partial charge on any atom is 0.0717 e. The van der Waals surface area contributed by atoms with Gasteiger partial charge in [0.05, 0.1) is 13.2 Å². The Balaban J connectivity index is 2.20. The molecule has 1 aromatic rings. The molecule has 1 unspecified atom stereocenters. The summed E-state index contributed by atoms with van der Waals surface area (Å²) in [5.41, 5.74) is 1.21. The van der Waals surface area contributed by atoms with E-state index in [9.17, 15) is 0 Å². The van der Waals surface area contributed by atoms with E-state index in [0.717, 1.165) is 24.2 Å². The number of benzene rings is 1. The molecule has 0 aromatic heterocycles. The standard InChI is InChI=1S/C13H20BrNO/c1-3-15-8-11(2)9-16-10-12-5-4-6-13(14)7-12/h4-7,11,15H,3,8-10H2,1-2H3. The molecule has 3 heteroatoms. The molecule has 0 amide bonds. The molecule has 0 fully saturated rings. The first-order valence-electron chi connectivity index (χ1n) is 5.75. The number of rotatable bonds is 7. The Hall–Kier alpha value is -0.380. The van der Waals surface area contributed by atoms with Crippen molar-refractivity contribution < 1.29 is 4.74 Å². The molecular weight excluding hydrogens is 266 g/mol. The summed E-state index contributed by atoms with van der Waals surface area (Å²) in [6.07, 6.45) is 0. The number of hydrogen-bond donors (Lipinski definition) is 1. The summed E-state index contributed by atoms with van der Waals surface area (Å²) in [4.78, 5) is 0. The van der Waals surface area contributed by atoms with Gasteiger partial charge in [0.2, 0.25) is 0 Å². The van der Waals surface area contributed by atoms with E-state index in [0.29, 0.717) is 12.5 Å². The zero-order valence-electron chi connectivity index (χ0n) is 10.0. The fraction of sp³-hybridized carbons (Fsp3) is 0.538. The van der Waals surface area contributed by atoms with Crippen LogP contribution in [0, 0.1) is 5.92 Å². The smallest absolute Gasteiger partial charge is 0.0717 e. The number of nitrogens with one attached hydrogen (secondary N) is 1. The van der Waals surface area contributed by atoms with Crippen molar-refractivity contribution >= 4 is 15.9 Å². The molecule has 0 aliphatic heterocycles. The lowest BCUT2D eigenvalue weighted by molar-refractivity contribution is 0.0920. The van der Waals surface area contributed by atoms with Gasteiger partial charge in [-0.1, -0.05) is 41.9 Å². The Morgan fingerprint density at radius 3 is 2.94 bits per heavy atom. The SMILES string of the molecule is CCNCC(C)COCc1cccc(Br)c1. The number of halogens is 1. The normalized spacial score (nSPS) is 12.7. The molecule has 2 nitrogen and oxygen atoms in total. The van der Waals surface area contributed by atoms with Crippen LogP contribution < -0.4 is 5.32 Å². The van der Waals surface area contributed by atoms with Gasteiger partial charge in [-0.05, 0) is 36.7 Å². The molecule has 90 valence electrons. The molecule has 1 atom stereocenters. The second-order valence-corrected chi connectivity index (χ2v) is 4.97. The highest BCUT2D eigenvalue weighted by molar-refractivity contribution is 9.10. The molecule has 0 heterocycles. The van der Waals surface area contributed by atoms with Gasteiger partial charge in [-0.3, -0.25) is 0 Å². The Labute approximate surface area is 107 Å². The van der Waals surface area contributed by atoms with Crippen LogP contribution in [0.1, 0.15) is 19.4 Å². The van der Waals surface area contributed by atoms with Crippen molar-refractivity contribution in [3.05, 3.63) is 34.3 Å². The van der Waals surface area contributed by atoms with E-state index in [4.69, 9.17) is 4.74 Å². The van der Waals surface area contributed by atoms with Crippen LogP contribution in [-0.2, 0) is 11.3 Å².